The zero-order valence-electron chi connectivity index (χ0n) is 15.4. The van der Waals surface area contributed by atoms with Crippen molar-refractivity contribution in [2.45, 2.75) is 31.9 Å². The monoisotopic (exact) mass is 422 g/mol. The molecule has 0 aliphatic heterocycles. The number of aromatic nitrogens is 3. The van der Waals surface area contributed by atoms with Gasteiger partial charge in [-0.15, -0.1) is 12.4 Å². The number of anilines is 1. The summed E-state index contributed by atoms with van der Waals surface area (Å²) < 4.78 is 40.6. The Balaban J connectivity index is 0.00000240. The standard InChI is InChI=1S/C20H17F3N4O.ClH/c1-12(28)25-15-8-9-24-17(10-15)13-4-6-16(7-5-13)27-18(14-2-3-14)11-19(26-27)20(21,22)23;/h4-11,14H,2-3H2,1H3,(H,24,25,28);1H. The second-order valence-corrected chi connectivity index (χ2v) is 6.80. The number of hydrogen-bond donors (Lipinski definition) is 1. The molecule has 1 N–H and O–H groups in total. The van der Waals surface area contributed by atoms with Crippen molar-refractivity contribution in [2.24, 2.45) is 0 Å². The average molecular weight is 423 g/mol. The van der Waals surface area contributed by atoms with Crippen LogP contribution in [0.1, 0.15) is 37.1 Å². The molecule has 0 radical (unpaired) electrons. The van der Waals surface area contributed by atoms with Crippen LogP contribution in [0.15, 0.2) is 48.7 Å². The molecule has 1 aliphatic rings. The Bertz CT molecular complexity index is 1030. The second kappa shape index (κ2) is 7.87. The van der Waals surface area contributed by atoms with Crippen molar-refractivity contribution in [1.82, 2.24) is 14.8 Å². The van der Waals surface area contributed by atoms with E-state index in [1.807, 2.05) is 0 Å². The second-order valence-electron chi connectivity index (χ2n) is 6.80. The number of rotatable bonds is 4. The van der Waals surface area contributed by atoms with Crippen LogP contribution < -0.4 is 5.32 Å². The molecule has 0 bridgehead atoms. The predicted octanol–water partition coefficient (Wildman–Crippen LogP) is 5.21. The molecule has 1 aromatic carbocycles. The molecule has 29 heavy (non-hydrogen) atoms. The molecule has 1 saturated carbocycles. The molecule has 1 fully saturated rings. The van der Waals surface area contributed by atoms with Gasteiger partial charge in [0.15, 0.2) is 5.69 Å². The number of nitrogens with zero attached hydrogens (tertiary/aromatic N) is 3. The smallest absolute Gasteiger partial charge is 0.326 e. The Morgan fingerprint density at radius 2 is 1.83 bits per heavy atom. The molecule has 9 heteroatoms. The van der Waals surface area contributed by atoms with Crippen LogP contribution in [0.5, 0.6) is 0 Å². The van der Waals surface area contributed by atoms with Crippen LogP contribution >= 0.6 is 12.4 Å². The van der Waals surface area contributed by atoms with Crippen molar-refractivity contribution in [1.29, 1.82) is 0 Å². The Morgan fingerprint density at radius 3 is 2.41 bits per heavy atom. The Labute approximate surface area is 171 Å². The normalized spacial score (nSPS) is 13.7. The summed E-state index contributed by atoms with van der Waals surface area (Å²) in [5, 5.41) is 6.49. The highest BCUT2D eigenvalue weighted by Crippen LogP contribution is 2.43. The number of amides is 1. The van der Waals surface area contributed by atoms with Crippen LogP contribution in [0.3, 0.4) is 0 Å². The fourth-order valence-corrected chi connectivity index (χ4v) is 3.05. The van der Waals surface area contributed by atoms with E-state index in [0.717, 1.165) is 24.5 Å². The molecule has 0 spiro atoms. The first kappa shape index (κ1) is 20.9. The van der Waals surface area contributed by atoms with E-state index >= 15 is 0 Å². The zero-order chi connectivity index (χ0) is 19.9. The minimum Gasteiger partial charge on any atom is -0.326 e. The van der Waals surface area contributed by atoms with Gasteiger partial charge in [0, 0.05) is 36.0 Å². The van der Waals surface area contributed by atoms with Crippen LogP contribution in [0.2, 0.25) is 0 Å². The van der Waals surface area contributed by atoms with Crippen LogP contribution in [-0.4, -0.2) is 20.7 Å². The fraction of sp³-hybridized carbons (Fsp3) is 0.250. The van der Waals surface area contributed by atoms with Crippen LogP contribution in [0.25, 0.3) is 16.9 Å². The largest absolute Gasteiger partial charge is 0.435 e. The minimum atomic E-state index is -4.47. The lowest BCUT2D eigenvalue weighted by molar-refractivity contribution is -0.141. The topological polar surface area (TPSA) is 59.8 Å². The van der Waals surface area contributed by atoms with Crippen LogP contribution in [0.4, 0.5) is 18.9 Å². The van der Waals surface area contributed by atoms with Crippen LogP contribution in [-0.2, 0) is 11.0 Å². The molecule has 3 aromatic rings. The maximum Gasteiger partial charge on any atom is 0.435 e. The van der Waals surface area contributed by atoms with Gasteiger partial charge in [0.1, 0.15) is 0 Å². The fourth-order valence-electron chi connectivity index (χ4n) is 3.05. The molecule has 2 heterocycles. The number of benzene rings is 1. The van der Waals surface area contributed by atoms with Crippen LogP contribution in [0, 0.1) is 0 Å². The van der Waals surface area contributed by atoms with Gasteiger partial charge in [0.05, 0.1) is 11.4 Å². The molecule has 0 unspecified atom stereocenters. The Kier molecular flexibility index (Phi) is 5.66. The number of halogens is 4. The van der Waals surface area contributed by atoms with Gasteiger partial charge >= 0.3 is 6.18 Å². The first-order valence-corrected chi connectivity index (χ1v) is 8.83. The molecule has 5 nitrogen and oxygen atoms in total. The third-order valence-corrected chi connectivity index (χ3v) is 4.51. The molecule has 4 rings (SSSR count). The van der Waals surface area contributed by atoms with E-state index < -0.39 is 11.9 Å². The Hall–Kier alpha value is -2.87. The van der Waals surface area contributed by atoms with E-state index in [9.17, 15) is 18.0 Å². The number of alkyl halides is 3. The molecule has 2 aromatic heterocycles. The summed E-state index contributed by atoms with van der Waals surface area (Å²) in [6, 6.07) is 11.6. The SMILES string of the molecule is CC(=O)Nc1ccnc(-c2ccc(-n3nc(C(F)(F)F)cc3C3CC3)cc2)c1.Cl. The zero-order valence-corrected chi connectivity index (χ0v) is 16.2. The van der Waals surface area contributed by atoms with E-state index in [4.69, 9.17) is 0 Å². The predicted molar refractivity (Wildman–Crippen MR) is 105 cm³/mol. The van der Waals surface area contributed by atoms with Crippen molar-refractivity contribution < 1.29 is 18.0 Å². The summed E-state index contributed by atoms with van der Waals surface area (Å²) >= 11 is 0. The van der Waals surface area contributed by atoms with Crippen molar-refractivity contribution in [3.05, 3.63) is 60.0 Å². The van der Waals surface area contributed by atoms with Gasteiger partial charge in [0.25, 0.3) is 0 Å². The maximum atomic E-state index is 13.1. The van der Waals surface area contributed by atoms with E-state index in [0.29, 0.717) is 22.8 Å². The van der Waals surface area contributed by atoms with Crippen molar-refractivity contribution >= 4 is 24.0 Å². The van der Waals surface area contributed by atoms with Gasteiger partial charge < -0.3 is 5.32 Å². The number of carbonyl (C=O) groups excluding carboxylic acids is 1. The summed E-state index contributed by atoms with van der Waals surface area (Å²) in [5.41, 5.74) is 2.34. The molecular formula is C20H18ClF3N4O. The number of carbonyl (C=O) groups is 1. The molecule has 1 amide bonds. The quantitative estimate of drug-likeness (QED) is 0.627. The number of hydrogen-bond acceptors (Lipinski definition) is 3. The third kappa shape index (κ3) is 4.59. The first-order chi connectivity index (χ1) is 13.3. The summed E-state index contributed by atoms with van der Waals surface area (Å²) in [6.45, 7) is 1.42. The molecule has 0 atom stereocenters. The lowest BCUT2D eigenvalue weighted by atomic mass is 10.1. The summed E-state index contributed by atoms with van der Waals surface area (Å²) in [5.74, 6) is -0.0569. The highest BCUT2D eigenvalue weighted by atomic mass is 35.5. The van der Waals surface area contributed by atoms with E-state index in [1.54, 1.807) is 42.6 Å². The highest BCUT2D eigenvalue weighted by Gasteiger charge is 2.38. The van der Waals surface area contributed by atoms with Gasteiger partial charge in [-0.3, -0.25) is 9.78 Å². The molecule has 0 saturated heterocycles. The first-order valence-electron chi connectivity index (χ1n) is 8.83. The molecule has 152 valence electrons. The van der Waals surface area contributed by atoms with E-state index in [-0.39, 0.29) is 24.2 Å². The van der Waals surface area contributed by atoms with E-state index in [1.165, 1.54) is 11.6 Å². The van der Waals surface area contributed by atoms with Gasteiger partial charge in [-0.05, 0) is 43.2 Å². The van der Waals surface area contributed by atoms with Gasteiger partial charge in [-0.1, -0.05) is 12.1 Å². The van der Waals surface area contributed by atoms with Gasteiger partial charge in [0.2, 0.25) is 5.91 Å². The Morgan fingerprint density at radius 1 is 1.14 bits per heavy atom. The lowest BCUT2D eigenvalue weighted by Gasteiger charge is -2.09. The third-order valence-electron chi connectivity index (χ3n) is 4.51. The van der Waals surface area contributed by atoms with Crippen molar-refractivity contribution in [3.8, 4) is 16.9 Å². The number of nitrogens with one attached hydrogen (secondary N) is 1. The van der Waals surface area contributed by atoms with Gasteiger partial charge in [-0.2, -0.15) is 18.3 Å². The summed E-state index contributed by atoms with van der Waals surface area (Å²) in [7, 11) is 0. The average Bonchev–Trinajstić information content (AvgIpc) is 3.38. The minimum absolute atomic E-state index is 0. The molecular weight excluding hydrogens is 405 g/mol. The maximum absolute atomic E-state index is 13.1. The molecule has 1 aliphatic carbocycles. The van der Waals surface area contributed by atoms with Gasteiger partial charge in [-0.25, -0.2) is 4.68 Å². The number of pyridine rings is 1. The van der Waals surface area contributed by atoms with Crippen molar-refractivity contribution in [3.63, 3.8) is 0 Å². The van der Waals surface area contributed by atoms with E-state index in [2.05, 4.69) is 15.4 Å². The van der Waals surface area contributed by atoms with Crippen molar-refractivity contribution in [2.75, 3.05) is 5.32 Å². The highest BCUT2D eigenvalue weighted by molar-refractivity contribution is 5.89. The summed E-state index contributed by atoms with van der Waals surface area (Å²) in [6.07, 6.45) is -1.13. The lowest BCUT2D eigenvalue weighted by Crippen LogP contribution is -2.07. The summed E-state index contributed by atoms with van der Waals surface area (Å²) in [4.78, 5) is 15.5.